The average molecular weight is 678 g/mol. The van der Waals surface area contributed by atoms with Gasteiger partial charge in [0.2, 0.25) is 0 Å². The van der Waals surface area contributed by atoms with Crippen molar-refractivity contribution in [3.8, 4) is 0 Å². The summed E-state index contributed by atoms with van der Waals surface area (Å²) < 4.78 is 36.3. The molecule has 14 nitrogen and oxygen atoms in total. The van der Waals surface area contributed by atoms with Gasteiger partial charge >= 0.3 is 24.6 Å². The molecule has 0 aromatic heterocycles. The van der Waals surface area contributed by atoms with Gasteiger partial charge in [0.25, 0.3) is 0 Å². The fourth-order valence-electron chi connectivity index (χ4n) is 1.52. The first-order chi connectivity index (χ1) is 16.0. The number of aliphatic hydroxyl groups is 2. The summed E-state index contributed by atoms with van der Waals surface area (Å²) in [5.41, 5.74) is 0. The minimum absolute atomic E-state index is 0. The van der Waals surface area contributed by atoms with E-state index in [1.807, 2.05) is 0 Å². The zero-order valence-electron chi connectivity index (χ0n) is 21.5. The second kappa shape index (κ2) is 27.2. The Bertz CT molecular complexity index is 543. The molecule has 36 heavy (non-hydrogen) atoms. The van der Waals surface area contributed by atoms with Crippen molar-refractivity contribution in [3.63, 3.8) is 0 Å². The second-order valence-electron chi connectivity index (χ2n) is 6.63. The summed E-state index contributed by atoms with van der Waals surface area (Å²) in [5.74, 6) is 0. The zero-order chi connectivity index (χ0) is 26.5. The van der Waals surface area contributed by atoms with Crippen LogP contribution in [-0.2, 0) is 103 Å². The van der Waals surface area contributed by atoms with Crippen molar-refractivity contribution in [2.45, 2.75) is 65.0 Å². The topological polar surface area (TPSA) is 183 Å². The first-order valence-electron chi connectivity index (χ1n) is 10.4. The minimum Gasteiger partial charge on any atom is -0.438 e. The first-order valence-corrected chi connectivity index (χ1v) is 10.4. The smallest absolute Gasteiger partial charge is 0.438 e. The summed E-state index contributed by atoms with van der Waals surface area (Å²) in [6.07, 6.45) is -5.29. The molecule has 0 rings (SSSR count). The van der Waals surface area contributed by atoms with Gasteiger partial charge in [0.15, 0.2) is 0 Å². The molecule has 0 aliphatic rings. The predicted octanol–water partition coefficient (Wildman–Crippen LogP) is 2.16. The number of carbonyl (C=O) groups is 4. The van der Waals surface area contributed by atoms with Crippen LogP contribution in [0.25, 0.3) is 0 Å². The van der Waals surface area contributed by atoms with Crippen LogP contribution >= 0.6 is 0 Å². The summed E-state index contributed by atoms with van der Waals surface area (Å²) in [6, 6.07) is 0. The molecule has 0 bridgehead atoms. The van der Waals surface area contributed by atoms with E-state index in [0.29, 0.717) is 12.8 Å². The van der Waals surface area contributed by atoms with Gasteiger partial charge < -0.3 is 48.1 Å². The van der Waals surface area contributed by atoms with Crippen LogP contribution in [0.3, 0.4) is 0 Å². The molecule has 4 atom stereocenters. The maximum Gasteiger partial charge on any atom is 0.508 e. The molecule has 0 aromatic carbocycles. The Morgan fingerprint density at radius 3 is 1.11 bits per heavy atom. The van der Waals surface area contributed by atoms with Gasteiger partial charge in [0.05, 0.1) is 26.4 Å². The molecule has 0 amide bonds. The Hall–Kier alpha value is -0.792. The van der Waals surface area contributed by atoms with Crippen molar-refractivity contribution >= 4 is 24.6 Å². The average Bonchev–Trinajstić information content (AvgIpc) is 2.82. The third-order valence-corrected chi connectivity index (χ3v) is 3.53. The van der Waals surface area contributed by atoms with E-state index in [1.54, 1.807) is 13.8 Å². The van der Waals surface area contributed by atoms with Gasteiger partial charge in [-0.05, 0) is 26.7 Å². The van der Waals surface area contributed by atoms with E-state index >= 15 is 0 Å². The van der Waals surface area contributed by atoms with Gasteiger partial charge in [0.1, 0.15) is 38.6 Å². The van der Waals surface area contributed by atoms with Crippen LogP contribution in [0.5, 0.6) is 0 Å². The largest absolute Gasteiger partial charge is 0.508 e. The number of hydrogen-bond acceptors (Lipinski definition) is 14. The SMILES string of the molecule is CCC(O)COC(=O)OC(C)COC(=O)OC.CCC(O)COC(=O)OC(C)COC(=O)OC.[Y].[Y]. The van der Waals surface area contributed by atoms with E-state index in [0.717, 1.165) is 0 Å². The van der Waals surface area contributed by atoms with E-state index in [4.69, 9.17) is 19.7 Å². The molecule has 0 spiro atoms. The molecule has 4 unspecified atom stereocenters. The number of rotatable bonds is 12. The van der Waals surface area contributed by atoms with Crippen molar-refractivity contribution < 1.29 is 133 Å². The number of hydrogen-bond donors (Lipinski definition) is 2. The molecule has 0 aliphatic heterocycles. The van der Waals surface area contributed by atoms with E-state index in [-0.39, 0.29) is 91.8 Å². The monoisotopic (exact) mass is 678 g/mol. The molecule has 206 valence electrons. The van der Waals surface area contributed by atoms with Gasteiger partial charge in [-0.2, -0.15) is 0 Å². The van der Waals surface area contributed by atoms with E-state index in [9.17, 15) is 19.2 Å². The maximum atomic E-state index is 11.1. The standard InChI is InChI=1S/2C10H18O7.2Y/c2*1-4-8(11)6-16-10(13)17-7(2)5-15-9(12)14-3;;/h2*7-8,11H,4-6H2,1-3H3;;. The Morgan fingerprint density at radius 1 is 0.583 bits per heavy atom. The van der Waals surface area contributed by atoms with Crippen molar-refractivity contribution in [2.75, 3.05) is 40.6 Å². The molecule has 0 aromatic rings. The van der Waals surface area contributed by atoms with E-state index < -0.39 is 49.0 Å². The minimum atomic E-state index is -0.918. The number of methoxy groups -OCH3 is 2. The van der Waals surface area contributed by atoms with Crippen molar-refractivity contribution in [1.29, 1.82) is 0 Å². The molecule has 0 saturated carbocycles. The fraction of sp³-hybridized carbons (Fsp3) is 0.800. The van der Waals surface area contributed by atoms with Crippen molar-refractivity contribution in [3.05, 3.63) is 0 Å². The van der Waals surface area contributed by atoms with Gasteiger partial charge in [0, 0.05) is 65.4 Å². The van der Waals surface area contributed by atoms with Gasteiger partial charge in [-0.1, -0.05) is 13.8 Å². The molecule has 16 heteroatoms. The van der Waals surface area contributed by atoms with Gasteiger partial charge in [-0.15, -0.1) is 0 Å². The third kappa shape index (κ3) is 27.8. The number of carbonyl (C=O) groups excluding carboxylic acids is 4. The van der Waals surface area contributed by atoms with Crippen LogP contribution in [0.15, 0.2) is 0 Å². The van der Waals surface area contributed by atoms with Crippen LogP contribution in [0.4, 0.5) is 19.2 Å². The van der Waals surface area contributed by atoms with Crippen LogP contribution in [-0.4, -0.2) is 99.9 Å². The van der Waals surface area contributed by atoms with Gasteiger partial charge in [-0.25, -0.2) is 19.2 Å². The van der Waals surface area contributed by atoms with E-state index in [1.165, 1.54) is 28.1 Å². The molecule has 0 heterocycles. The zero-order valence-corrected chi connectivity index (χ0v) is 27.2. The Balaban J connectivity index is -0.000000269. The predicted molar refractivity (Wildman–Crippen MR) is 113 cm³/mol. The normalized spacial score (nSPS) is 12.7. The molecule has 0 aliphatic carbocycles. The quantitative estimate of drug-likeness (QED) is 0.226. The first kappa shape index (κ1) is 42.3. The summed E-state index contributed by atoms with van der Waals surface area (Å²) in [7, 11) is 2.35. The van der Waals surface area contributed by atoms with Crippen LogP contribution in [0.2, 0.25) is 0 Å². The second-order valence-corrected chi connectivity index (χ2v) is 6.63. The van der Waals surface area contributed by atoms with Gasteiger partial charge in [-0.3, -0.25) is 0 Å². The maximum absolute atomic E-state index is 11.1. The van der Waals surface area contributed by atoms with Crippen LogP contribution in [0, 0.1) is 0 Å². The molecule has 0 saturated heterocycles. The number of ether oxygens (including phenoxy) is 8. The van der Waals surface area contributed by atoms with Crippen LogP contribution < -0.4 is 0 Å². The molecule has 0 fully saturated rings. The summed E-state index contributed by atoms with van der Waals surface area (Å²) >= 11 is 0. The molecule has 2 radical (unpaired) electrons. The Morgan fingerprint density at radius 2 is 0.861 bits per heavy atom. The number of aliphatic hydroxyl groups excluding tert-OH is 2. The fourth-order valence-corrected chi connectivity index (χ4v) is 1.52. The van der Waals surface area contributed by atoms with Crippen molar-refractivity contribution in [2.24, 2.45) is 0 Å². The van der Waals surface area contributed by atoms with Crippen LogP contribution in [0.1, 0.15) is 40.5 Å². The molecular weight excluding hydrogens is 642 g/mol. The summed E-state index contributed by atoms with van der Waals surface area (Å²) in [5, 5.41) is 18.3. The van der Waals surface area contributed by atoms with E-state index in [2.05, 4.69) is 28.4 Å². The Kier molecular flexibility index (Phi) is 32.0. The molecule has 2 N–H and O–H groups in total. The summed E-state index contributed by atoms with van der Waals surface area (Å²) in [4.78, 5) is 43.3. The summed E-state index contributed by atoms with van der Waals surface area (Å²) in [6.45, 7) is 6.06. The third-order valence-electron chi connectivity index (χ3n) is 3.53. The Labute approximate surface area is 261 Å². The van der Waals surface area contributed by atoms with Crippen molar-refractivity contribution in [1.82, 2.24) is 0 Å². The molecular formula is C20H36O14Y2.